The Hall–Kier alpha value is -2.77. The number of nitrogens with zero attached hydrogens (tertiary/aromatic N) is 2. The Morgan fingerprint density at radius 2 is 1.73 bits per heavy atom. The molecule has 0 aliphatic rings. The second kappa shape index (κ2) is 8.55. The summed E-state index contributed by atoms with van der Waals surface area (Å²) in [5, 5.41) is 21.1. The van der Waals surface area contributed by atoms with Crippen molar-refractivity contribution in [3.8, 4) is 17.9 Å². The minimum Gasteiger partial charge on any atom is -0.492 e. The van der Waals surface area contributed by atoms with E-state index in [0.29, 0.717) is 18.0 Å². The second-order valence-electron chi connectivity index (χ2n) is 5.53. The Morgan fingerprint density at radius 1 is 1.12 bits per heavy atom. The van der Waals surface area contributed by atoms with Crippen molar-refractivity contribution in [2.75, 3.05) is 11.9 Å². The number of anilines is 2. The van der Waals surface area contributed by atoms with E-state index in [4.69, 9.17) is 10.00 Å². The van der Waals surface area contributed by atoms with Gasteiger partial charge in [0.25, 0.3) is 0 Å². The summed E-state index contributed by atoms with van der Waals surface area (Å²) in [6, 6.07) is 10.0. The van der Waals surface area contributed by atoms with Gasteiger partial charge in [0.15, 0.2) is 11.6 Å². The van der Waals surface area contributed by atoms with E-state index in [1.54, 1.807) is 36.4 Å². The first-order valence-electron chi connectivity index (χ1n) is 7.95. The molecule has 0 aliphatic heterocycles. The van der Waals surface area contributed by atoms with E-state index in [1.807, 2.05) is 20.8 Å². The van der Waals surface area contributed by atoms with E-state index in [-0.39, 0.29) is 15.8 Å². The molecule has 0 unspecified atom stereocenters. The molecule has 134 valence electrons. The number of para-hydroxylation sites is 2. The van der Waals surface area contributed by atoms with Crippen molar-refractivity contribution in [2.45, 2.75) is 30.9 Å². The fourth-order valence-electron chi connectivity index (χ4n) is 2.32. The molecule has 0 fully saturated rings. The number of rotatable bonds is 6. The van der Waals surface area contributed by atoms with Crippen molar-refractivity contribution in [2.24, 2.45) is 0 Å². The molecule has 0 radical (unpaired) electrons. The van der Waals surface area contributed by atoms with Crippen LogP contribution in [0, 0.1) is 34.3 Å². The molecule has 0 saturated heterocycles. The number of halogens is 2. The lowest BCUT2D eigenvalue weighted by molar-refractivity contribution is 0.342. The zero-order valence-corrected chi connectivity index (χ0v) is 15.4. The van der Waals surface area contributed by atoms with Crippen LogP contribution in [0.25, 0.3) is 0 Å². The predicted octanol–water partition coefficient (Wildman–Crippen LogP) is 5.35. The summed E-state index contributed by atoms with van der Waals surface area (Å²) in [6.45, 7) is 5.86. The molecule has 0 saturated carbocycles. The third kappa shape index (κ3) is 3.89. The summed E-state index contributed by atoms with van der Waals surface area (Å²) in [5.41, 5.74) is -0.943. The zero-order chi connectivity index (χ0) is 19.3. The topological polar surface area (TPSA) is 68.8 Å². The van der Waals surface area contributed by atoms with Gasteiger partial charge in [-0.1, -0.05) is 26.0 Å². The van der Waals surface area contributed by atoms with Crippen LogP contribution in [0.15, 0.2) is 29.2 Å². The predicted molar refractivity (Wildman–Crippen MR) is 97.7 cm³/mol. The molecule has 7 heteroatoms. The van der Waals surface area contributed by atoms with Crippen LogP contribution in [0.3, 0.4) is 0 Å². The highest BCUT2D eigenvalue weighted by atomic mass is 32.2. The first-order chi connectivity index (χ1) is 12.4. The van der Waals surface area contributed by atoms with E-state index >= 15 is 0 Å². The molecular formula is C19H17F2N3OS. The standard InChI is InChI=1S/C19H17F2N3OS/c1-4-25-15-8-6-5-7-14(15)24-18-16(20)12(9-22)13(10-23)17(21)19(18)26-11(2)3/h5-8,11,24H,4H2,1-3H3. The maximum atomic E-state index is 15.0. The molecule has 0 heterocycles. The number of thioether (sulfide) groups is 1. The Kier molecular flexibility index (Phi) is 6.43. The van der Waals surface area contributed by atoms with Crippen LogP contribution in [-0.4, -0.2) is 11.9 Å². The molecule has 2 rings (SSSR count). The van der Waals surface area contributed by atoms with Crippen LogP contribution in [0.1, 0.15) is 31.9 Å². The lowest BCUT2D eigenvalue weighted by atomic mass is 10.1. The van der Waals surface area contributed by atoms with Crippen LogP contribution in [0.2, 0.25) is 0 Å². The Balaban J connectivity index is 2.70. The van der Waals surface area contributed by atoms with Crippen LogP contribution < -0.4 is 10.1 Å². The summed E-state index contributed by atoms with van der Waals surface area (Å²) in [7, 11) is 0. The van der Waals surface area contributed by atoms with Crippen molar-refractivity contribution in [3.63, 3.8) is 0 Å². The molecule has 0 atom stereocenters. The van der Waals surface area contributed by atoms with Gasteiger partial charge in [0.1, 0.15) is 29.0 Å². The highest BCUT2D eigenvalue weighted by Gasteiger charge is 2.26. The van der Waals surface area contributed by atoms with Gasteiger partial charge in [-0.15, -0.1) is 11.8 Å². The molecule has 2 aromatic carbocycles. The second-order valence-corrected chi connectivity index (χ2v) is 7.11. The SMILES string of the molecule is CCOc1ccccc1Nc1c(F)c(C#N)c(C#N)c(F)c1SC(C)C. The molecule has 0 aromatic heterocycles. The van der Waals surface area contributed by atoms with Crippen LogP contribution in [-0.2, 0) is 0 Å². The van der Waals surface area contributed by atoms with Crippen LogP contribution in [0.4, 0.5) is 20.2 Å². The largest absolute Gasteiger partial charge is 0.492 e. The van der Waals surface area contributed by atoms with Gasteiger partial charge >= 0.3 is 0 Å². The fraction of sp³-hybridized carbons (Fsp3) is 0.263. The molecule has 0 aliphatic carbocycles. The molecular weight excluding hydrogens is 356 g/mol. The van der Waals surface area contributed by atoms with Gasteiger partial charge in [-0.25, -0.2) is 8.78 Å². The van der Waals surface area contributed by atoms with Gasteiger partial charge in [0.05, 0.1) is 22.9 Å². The van der Waals surface area contributed by atoms with Crippen LogP contribution >= 0.6 is 11.8 Å². The maximum Gasteiger partial charge on any atom is 0.167 e. The normalized spacial score (nSPS) is 10.3. The highest BCUT2D eigenvalue weighted by Crippen LogP contribution is 2.41. The summed E-state index contributed by atoms with van der Waals surface area (Å²) >= 11 is 1.07. The molecule has 2 aromatic rings. The minimum atomic E-state index is -0.958. The van der Waals surface area contributed by atoms with E-state index in [2.05, 4.69) is 5.32 Å². The van der Waals surface area contributed by atoms with Gasteiger partial charge in [-0.3, -0.25) is 0 Å². The third-order valence-electron chi connectivity index (χ3n) is 3.36. The zero-order valence-electron chi connectivity index (χ0n) is 14.6. The number of hydrogen-bond donors (Lipinski definition) is 1. The Bertz CT molecular complexity index is 901. The summed E-state index contributed by atoms with van der Waals surface area (Å²) in [5.74, 6) is -1.39. The molecule has 0 amide bonds. The number of ether oxygens (including phenoxy) is 1. The van der Waals surface area contributed by atoms with E-state index in [1.165, 1.54) is 0 Å². The minimum absolute atomic E-state index is 0.0423. The number of hydrogen-bond acceptors (Lipinski definition) is 5. The lowest BCUT2D eigenvalue weighted by Crippen LogP contribution is -2.07. The highest BCUT2D eigenvalue weighted by molar-refractivity contribution is 8.00. The molecule has 4 nitrogen and oxygen atoms in total. The first-order valence-corrected chi connectivity index (χ1v) is 8.83. The molecule has 0 spiro atoms. The summed E-state index contributed by atoms with van der Waals surface area (Å²) < 4.78 is 35.3. The summed E-state index contributed by atoms with van der Waals surface area (Å²) in [6.07, 6.45) is 0. The quantitative estimate of drug-likeness (QED) is 0.691. The van der Waals surface area contributed by atoms with Crippen molar-refractivity contribution in [1.82, 2.24) is 0 Å². The molecule has 26 heavy (non-hydrogen) atoms. The smallest absolute Gasteiger partial charge is 0.167 e. The van der Waals surface area contributed by atoms with Crippen molar-refractivity contribution in [1.29, 1.82) is 10.5 Å². The fourth-order valence-corrected chi connectivity index (χ4v) is 3.26. The Labute approximate surface area is 155 Å². The summed E-state index contributed by atoms with van der Waals surface area (Å²) in [4.78, 5) is -0.0423. The first kappa shape index (κ1) is 19.6. The maximum absolute atomic E-state index is 15.0. The van der Waals surface area contributed by atoms with E-state index in [0.717, 1.165) is 11.8 Å². The van der Waals surface area contributed by atoms with Crippen molar-refractivity contribution in [3.05, 3.63) is 47.0 Å². The van der Waals surface area contributed by atoms with Gasteiger partial charge < -0.3 is 10.1 Å². The average molecular weight is 373 g/mol. The third-order valence-corrected chi connectivity index (χ3v) is 4.45. The van der Waals surface area contributed by atoms with Crippen molar-refractivity contribution >= 4 is 23.1 Å². The number of benzene rings is 2. The molecule has 1 N–H and O–H groups in total. The van der Waals surface area contributed by atoms with Gasteiger partial charge in [-0.2, -0.15) is 10.5 Å². The monoisotopic (exact) mass is 373 g/mol. The number of nitriles is 2. The van der Waals surface area contributed by atoms with Gasteiger partial charge in [0.2, 0.25) is 0 Å². The lowest BCUT2D eigenvalue weighted by Gasteiger charge is -2.18. The molecule has 0 bridgehead atoms. The van der Waals surface area contributed by atoms with Crippen molar-refractivity contribution < 1.29 is 13.5 Å². The number of nitrogens with one attached hydrogen (secondary N) is 1. The Morgan fingerprint density at radius 3 is 2.31 bits per heavy atom. The average Bonchev–Trinajstić information content (AvgIpc) is 2.61. The van der Waals surface area contributed by atoms with Gasteiger partial charge in [0, 0.05) is 5.25 Å². The van der Waals surface area contributed by atoms with Gasteiger partial charge in [-0.05, 0) is 19.1 Å². The van der Waals surface area contributed by atoms with E-state index in [9.17, 15) is 14.0 Å². The van der Waals surface area contributed by atoms with E-state index < -0.39 is 22.8 Å². The van der Waals surface area contributed by atoms with Crippen LogP contribution in [0.5, 0.6) is 5.75 Å².